The van der Waals surface area contributed by atoms with Crippen LogP contribution in [0.2, 0.25) is 0 Å². The molecule has 0 aliphatic carbocycles. The fourth-order valence-corrected chi connectivity index (χ4v) is 3.36. The summed E-state index contributed by atoms with van der Waals surface area (Å²) in [4.78, 5) is 29.0. The maximum atomic E-state index is 13.0. The first-order chi connectivity index (χ1) is 13.3. The van der Waals surface area contributed by atoms with Gasteiger partial charge in [0.25, 0.3) is 5.91 Å². The standard InChI is InChI=1S/C22H26FN3O2/c1-15-4-5-16(2)20(14-15)24-21(27)17(3)25-10-12-26(13-11-25)22(28)18-6-8-19(23)9-7-18/h4-9,14,17H,10-13H2,1-3H3,(H,24,27). The van der Waals surface area contributed by atoms with Crippen LogP contribution >= 0.6 is 0 Å². The number of nitrogens with zero attached hydrogens (tertiary/aromatic N) is 2. The van der Waals surface area contributed by atoms with Crippen LogP contribution in [0.5, 0.6) is 0 Å². The van der Waals surface area contributed by atoms with Gasteiger partial charge in [0.2, 0.25) is 5.91 Å². The predicted molar refractivity (Wildman–Crippen MR) is 108 cm³/mol. The van der Waals surface area contributed by atoms with Gasteiger partial charge in [-0.05, 0) is 62.2 Å². The van der Waals surface area contributed by atoms with E-state index in [0.29, 0.717) is 31.7 Å². The van der Waals surface area contributed by atoms with Crippen LogP contribution in [0.15, 0.2) is 42.5 Å². The molecule has 1 N–H and O–H groups in total. The number of halogens is 1. The van der Waals surface area contributed by atoms with Gasteiger partial charge in [0, 0.05) is 37.4 Å². The molecule has 0 bridgehead atoms. The summed E-state index contributed by atoms with van der Waals surface area (Å²) in [5.41, 5.74) is 3.44. The van der Waals surface area contributed by atoms with Gasteiger partial charge in [-0.3, -0.25) is 14.5 Å². The van der Waals surface area contributed by atoms with Crippen molar-refractivity contribution < 1.29 is 14.0 Å². The zero-order valence-corrected chi connectivity index (χ0v) is 16.5. The quantitative estimate of drug-likeness (QED) is 0.882. The Morgan fingerprint density at radius 1 is 1.00 bits per heavy atom. The number of carbonyl (C=O) groups excluding carboxylic acids is 2. The van der Waals surface area contributed by atoms with Crippen LogP contribution in [0.25, 0.3) is 0 Å². The van der Waals surface area contributed by atoms with E-state index < -0.39 is 0 Å². The molecule has 1 atom stereocenters. The number of piperazine rings is 1. The molecule has 0 saturated carbocycles. The summed E-state index contributed by atoms with van der Waals surface area (Å²) in [5.74, 6) is -0.510. The highest BCUT2D eigenvalue weighted by Gasteiger charge is 2.28. The van der Waals surface area contributed by atoms with E-state index in [1.54, 1.807) is 4.90 Å². The van der Waals surface area contributed by atoms with Crippen LogP contribution in [0.3, 0.4) is 0 Å². The van der Waals surface area contributed by atoms with Crippen molar-refractivity contribution in [2.75, 3.05) is 31.5 Å². The summed E-state index contributed by atoms with van der Waals surface area (Å²) in [6.45, 7) is 8.17. The first-order valence-corrected chi connectivity index (χ1v) is 9.52. The highest BCUT2D eigenvalue weighted by atomic mass is 19.1. The first-order valence-electron chi connectivity index (χ1n) is 9.52. The lowest BCUT2D eigenvalue weighted by Crippen LogP contribution is -2.54. The van der Waals surface area contributed by atoms with Crippen molar-refractivity contribution in [3.63, 3.8) is 0 Å². The molecule has 148 valence electrons. The Morgan fingerprint density at radius 3 is 2.29 bits per heavy atom. The lowest BCUT2D eigenvalue weighted by molar-refractivity contribution is -0.121. The van der Waals surface area contributed by atoms with Gasteiger partial charge < -0.3 is 10.2 Å². The van der Waals surface area contributed by atoms with Crippen molar-refractivity contribution in [1.29, 1.82) is 0 Å². The van der Waals surface area contributed by atoms with Gasteiger partial charge >= 0.3 is 0 Å². The summed E-state index contributed by atoms with van der Waals surface area (Å²) in [6, 6.07) is 11.3. The maximum Gasteiger partial charge on any atom is 0.253 e. The Hall–Kier alpha value is -2.73. The molecular formula is C22H26FN3O2. The molecule has 2 amide bonds. The molecule has 1 saturated heterocycles. The molecule has 28 heavy (non-hydrogen) atoms. The number of rotatable bonds is 4. The summed E-state index contributed by atoms with van der Waals surface area (Å²) in [7, 11) is 0. The minimum absolute atomic E-state index is 0.0491. The van der Waals surface area contributed by atoms with Gasteiger partial charge in [-0.25, -0.2) is 4.39 Å². The van der Waals surface area contributed by atoms with E-state index in [-0.39, 0.29) is 23.7 Å². The number of hydrogen-bond donors (Lipinski definition) is 1. The third-order valence-electron chi connectivity index (χ3n) is 5.27. The number of benzene rings is 2. The molecule has 0 aromatic heterocycles. The second-order valence-corrected chi connectivity index (χ2v) is 7.32. The van der Waals surface area contributed by atoms with Crippen molar-refractivity contribution >= 4 is 17.5 Å². The molecule has 0 radical (unpaired) electrons. The second kappa shape index (κ2) is 8.52. The Morgan fingerprint density at radius 2 is 1.64 bits per heavy atom. The average Bonchev–Trinajstić information content (AvgIpc) is 2.70. The molecule has 3 rings (SSSR count). The van der Waals surface area contributed by atoms with Crippen molar-refractivity contribution in [2.45, 2.75) is 26.8 Å². The second-order valence-electron chi connectivity index (χ2n) is 7.32. The van der Waals surface area contributed by atoms with E-state index in [4.69, 9.17) is 0 Å². The third-order valence-corrected chi connectivity index (χ3v) is 5.27. The van der Waals surface area contributed by atoms with E-state index in [2.05, 4.69) is 10.2 Å². The summed E-state index contributed by atoms with van der Waals surface area (Å²) >= 11 is 0. The predicted octanol–water partition coefficient (Wildman–Crippen LogP) is 3.23. The monoisotopic (exact) mass is 383 g/mol. The minimum atomic E-state index is -0.356. The molecule has 6 heteroatoms. The van der Waals surface area contributed by atoms with Gasteiger partial charge in [-0.2, -0.15) is 0 Å². The number of nitrogens with one attached hydrogen (secondary N) is 1. The van der Waals surface area contributed by atoms with E-state index in [1.807, 2.05) is 39.0 Å². The Labute approximate surface area is 165 Å². The molecule has 2 aromatic rings. The molecule has 1 unspecified atom stereocenters. The molecule has 5 nitrogen and oxygen atoms in total. The molecule has 1 fully saturated rings. The van der Waals surface area contributed by atoms with E-state index in [1.165, 1.54) is 24.3 Å². The first kappa shape index (κ1) is 20.0. The Bertz CT molecular complexity index is 859. The normalized spacial score (nSPS) is 15.9. The fourth-order valence-electron chi connectivity index (χ4n) is 3.36. The summed E-state index contributed by atoms with van der Waals surface area (Å²) in [5, 5.41) is 3.02. The van der Waals surface area contributed by atoms with Crippen molar-refractivity contribution in [3.8, 4) is 0 Å². The number of anilines is 1. The smallest absolute Gasteiger partial charge is 0.253 e. The lowest BCUT2D eigenvalue weighted by atomic mass is 10.1. The van der Waals surface area contributed by atoms with Crippen LogP contribution in [0.4, 0.5) is 10.1 Å². The Balaban J connectivity index is 1.56. The fraction of sp³-hybridized carbons (Fsp3) is 0.364. The molecule has 1 aliphatic rings. The molecular weight excluding hydrogens is 357 g/mol. The average molecular weight is 383 g/mol. The highest BCUT2D eigenvalue weighted by molar-refractivity contribution is 5.95. The highest BCUT2D eigenvalue weighted by Crippen LogP contribution is 2.18. The van der Waals surface area contributed by atoms with Crippen LogP contribution in [-0.4, -0.2) is 53.8 Å². The summed E-state index contributed by atoms with van der Waals surface area (Å²) in [6.07, 6.45) is 0. The van der Waals surface area contributed by atoms with Crippen LogP contribution in [0, 0.1) is 19.7 Å². The number of hydrogen-bond acceptors (Lipinski definition) is 3. The maximum absolute atomic E-state index is 13.0. The van der Waals surface area contributed by atoms with Crippen molar-refractivity contribution in [3.05, 3.63) is 65.0 Å². The molecule has 0 spiro atoms. The number of aryl methyl sites for hydroxylation is 2. The van der Waals surface area contributed by atoms with Gasteiger partial charge in [0.1, 0.15) is 5.82 Å². The molecule has 1 aliphatic heterocycles. The zero-order chi connectivity index (χ0) is 20.3. The third kappa shape index (κ3) is 4.57. The van der Waals surface area contributed by atoms with E-state index in [9.17, 15) is 14.0 Å². The van der Waals surface area contributed by atoms with Crippen molar-refractivity contribution in [2.24, 2.45) is 0 Å². The SMILES string of the molecule is Cc1ccc(C)c(NC(=O)C(C)N2CCN(C(=O)c3ccc(F)cc3)CC2)c1. The van der Waals surface area contributed by atoms with Gasteiger partial charge in [-0.1, -0.05) is 12.1 Å². The molecule has 2 aromatic carbocycles. The summed E-state index contributed by atoms with van der Waals surface area (Å²) < 4.78 is 13.0. The van der Waals surface area contributed by atoms with Crippen LogP contribution < -0.4 is 5.32 Å². The Kier molecular flexibility index (Phi) is 6.09. The van der Waals surface area contributed by atoms with Crippen LogP contribution in [-0.2, 0) is 4.79 Å². The largest absolute Gasteiger partial charge is 0.336 e. The topological polar surface area (TPSA) is 52.7 Å². The minimum Gasteiger partial charge on any atom is -0.336 e. The zero-order valence-electron chi connectivity index (χ0n) is 16.5. The van der Waals surface area contributed by atoms with Crippen molar-refractivity contribution in [1.82, 2.24) is 9.80 Å². The van der Waals surface area contributed by atoms with Gasteiger partial charge in [0.05, 0.1) is 6.04 Å². The van der Waals surface area contributed by atoms with Gasteiger partial charge in [-0.15, -0.1) is 0 Å². The number of carbonyl (C=O) groups is 2. The van der Waals surface area contributed by atoms with E-state index in [0.717, 1.165) is 16.8 Å². The number of amides is 2. The lowest BCUT2D eigenvalue weighted by Gasteiger charge is -2.37. The van der Waals surface area contributed by atoms with E-state index >= 15 is 0 Å². The van der Waals surface area contributed by atoms with Gasteiger partial charge in [0.15, 0.2) is 0 Å². The molecule has 1 heterocycles. The van der Waals surface area contributed by atoms with Crippen LogP contribution in [0.1, 0.15) is 28.4 Å².